The lowest BCUT2D eigenvalue weighted by atomic mass is 10.2. The molecule has 0 bridgehead atoms. The summed E-state index contributed by atoms with van der Waals surface area (Å²) in [6.45, 7) is 0.385. The maximum atomic E-state index is 10.8. The second-order valence-electron chi connectivity index (χ2n) is 3.57. The molecule has 2 aromatic rings. The van der Waals surface area contributed by atoms with Gasteiger partial charge in [0.05, 0.1) is 4.92 Å². The predicted molar refractivity (Wildman–Crippen MR) is 75.2 cm³/mol. The van der Waals surface area contributed by atoms with Crippen LogP contribution in [0.2, 0.25) is 5.28 Å². The normalized spacial score (nSPS) is 10.2. The summed E-state index contributed by atoms with van der Waals surface area (Å²) in [7, 11) is 0. The van der Waals surface area contributed by atoms with Gasteiger partial charge in [-0.1, -0.05) is 34.1 Å². The van der Waals surface area contributed by atoms with Crippen LogP contribution in [0.4, 0.5) is 11.5 Å². The Bertz CT molecular complexity index is 623. The molecule has 0 fully saturated rings. The zero-order valence-electron chi connectivity index (χ0n) is 9.51. The molecule has 1 N–H and O–H groups in total. The van der Waals surface area contributed by atoms with E-state index in [-0.39, 0.29) is 16.8 Å². The molecule has 6 nitrogen and oxygen atoms in total. The topological polar surface area (TPSA) is 81.0 Å². The standard InChI is InChI=1S/C11H8BrClN4O2/c12-8-4-2-1-3-7(8)5-14-10-9(17(18)19)6-15-11(13)16-10/h1-4,6H,5H2,(H,14,15,16). The minimum absolute atomic E-state index is 0.0415. The van der Waals surface area contributed by atoms with E-state index >= 15 is 0 Å². The smallest absolute Gasteiger partial charge is 0.329 e. The summed E-state index contributed by atoms with van der Waals surface area (Å²) in [5.74, 6) is 0.0979. The quantitative estimate of drug-likeness (QED) is 0.522. The molecule has 2 rings (SSSR count). The molecule has 0 aliphatic heterocycles. The molecule has 1 aromatic carbocycles. The highest BCUT2D eigenvalue weighted by atomic mass is 79.9. The lowest BCUT2D eigenvalue weighted by Gasteiger charge is -2.07. The number of rotatable bonds is 4. The number of aromatic nitrogens is 2. The Hall–Kier alpha value is -1.73. The van der Waals surface area contributed by atoms with Crippen LogP contribution in [0.15, 0.2) is 34.9 Å². The Labute approximate surface area is 122 Å². The minimum Gasteiger partial charge on any atom is -0.360 e. The van der Waals surface area contributed by atoms with Gasteiger partial charge in [-0.3, -0.25) is 10.1 Å². The van der Waals surface area contributed by atoms with E-state index in [1.54, 1.807) is 0 Å². The summed E-state index contributed by atoms with van der Waals surface area (Å²) >= 11 is 9.04. The van der Waals surface area contributed by atoms with Gasteiger partial charge in [-0.2, -0.15) is 4.98 Å². The van der Waals surface area contributed by atoms with Crippen LogP contribution in [-0.2, 0) is 6.54 Å². The fourth-order valence-electron chi connectivity index (χ4n) is 1.44. The molecular formula is C11H8BrClN4O2. The number of halogens is 2. The second kappa shape index (κ2) is 5.94. The van der Waals surface area contributed by atoms with Gasteiger partial charge in [0.1, 0.15) is 6.20 Å². The molecule has 8 heteroatoms. The molecule has 19 heavy (non-hydrogen) atoms. The summed E-state index contributed by atoms with van der Waals surface area (Å²) in [5, 5.41) is 13.7. The molecule has 98 valence electrons. The van der Waals surface area contributed by atoms with Crippen LogP contribution >= 0.6 is 27.5 Å². The lowest BCUT2D eigenvalue weighted by molar-refractivity contribution is -0.384. The largest absolute Gasteiger partial charge is 0.360 e. The Morgan fingerprint density at radius 1 is 1.42 bits per heavy atom. The van der Waals surface area contributed by atoms with E-state index < -0.39 is 4.92 Å². The molecule has 0 atom stereocenters. The summed E-state index contributed by atoms with van der Waals surface area (Å²) in [5.41, 5.74) is 0.739. The molecule has 0 unspecified atom stereocenters. The first kappa shape index (κ1) is 13.7. The fraction of sp³-hybridized carbons (Fsp3) is 0.0909. The summed E-state index contributed by atoms with van der Waals surface area (Å²) in [6.07, 6.45) is 1.08. The number of anilines is 1. The molecule has 0 saturated heterocycles. The van der Waals surface area contributed by atoms with Crippen LogP contribution in [0.25, 0.3) is 0 Å². The van der Waals surface area contributed by atoms with E-state index in [1.807, 2.05) is 24.3 Å². The van der Waals surface area contributed by atoms with Crippen molar-refractivity contribution in [2.75, 3.05) is 5.32 Å². The summed E-state index contributed by atoms with van der Waals surface area (Å²) in [4.78, 5) is 17.7. The number of hydrogen-bond acceptors (Lipinski definition) is 5. The van der Waals surface area contributed by atoms with E-state index in [2.05, 4.69) is 31.2 Å². The number of nitro groups is 1. The number of nitrogens with zero attached hydrogens (tertiary/aromatic N) is 3. The van der Waals surface area contributed by atoms with Gasteiger partial charge in [-0.15, -0.1) is 0 Å². The SMILES string of the molecule is O=[N+]([O-])c1cnc(Cl)nc1NCc1ccccc1Br. The van der Waals surface area contributed by atoms with E-state index in [1.165, 1.54) is 0 Å². The van der Waals surface area contributed by atoms with Crippen molar-refractivity contribution in [3.05, 3.63) is 55.9 Å². The van der Waals surface area contributed by atoms with Crippen LogP contribution in [-0.4, -0.2) is 14.9 Å². The summed E-state index contributed by atoms with van der Waals surface area (Å²) < 4.78 is 0.908. The van der Waals surface area contributed by atoms with Crippen LogP contribution in [0, 0.1) is 10.1 Å². The van der Waals surface area contributed by atoms with Crippen LogP contribution in [0.5, 0.6) is 0 Å². The van der Waals surface area contributed by atoms with Gasteiger partial charge in [0, 0.05) is 11.0 Å². The highest BCUT2D eigenvalue weighted by molar-refractivity contribution is 9.10. The third-order valence-corrected chi connectivity index (χ3v) is 3.30. The van der Waals surface area contributed by atoms with Gasteiger partial charge in [0.15, 0.2) is 0 Å². The molecule has 0 spiro atoms. The van der Waals surface area contributed by atoms with Crippen molar-refractivity contribution in [2.45, 2.75) is 6.54 Å². The van der Waals surface area contributed by atoms with Crippen molar-refractivity contribution in [2.24, 2.45) is 0 Å². The van der Waals surface area contributed by atoms with Gasteiger partial charge in [0.25, 0.3) is 0 Å². The monoisotopic (exact) mass is 342 g/mol. The van der Waals surface area contributed by atoms with Crippen molar-refractivity contribution in [1.82, 2.24) is 9.97 Å². The van der Waals surface area contributed by atoms with Crippen molar-refractivity contribution in [3.8, 4) is 0 Å². The number of benzene rings is 1. The molecule has 0 aliphatic rings. The predicted octanol–water partition coefficient (Wildman–Crippen LogP) is 3.41. The fourth-order valence-corrected chi connectivity index (χ4v) is 2.00. The molecule has 1 heterocycles. The highest BCUT2D eigenvalue weighted by Gasteiger charge is 2.16. The van der Waals surface area contributed by atoms with Crippen molar-refractivity contribution in [3.63, 3.8) is 0 Å². The van der Waals surface area contributed by atoms with Gasteiger partial charge >= 0.3 is 5.69 Å². The first-order chi connectivity index (χ1) is 9.08. The zero-order valence-corrected chi connectivity index (χ0v) is 11.8. The molecule has 1 aromatic heterocycles. The third kappa shape index (κ3) is 3.39. The van der Waals surface area contributed by atoms with Crippen molar-refractivity contribution >= 4 is 39.0 Å². The zero-order chi connectivity index (χ0) is 13.8. The minimum atomic E-state index is -0.557. The van der Waals surface area contributed by atoms with E-state index in [4.69, 9.17) is 11.6 Å². The second-order valence-corrected chi connectivity index (χ2v) is 4.77. The average Bonchev–Trinajstić information content (AvgIpc) is 2.37. The van der Waals surface area contributed by atoms with E-state index in [0.717, 1.165) is 16.2 Å². The average molecular weight is 344 g/mol. The van der Waals surface area contributed by atoms with Crippen LogP contribution in [0.1, 0.15) is 5.56 Å². The molecule has 0 radical (unpaired) electrons. The Balaban J connectivity index is 2.22. The Morgan fingerprint density at radius 3 is 2.84 bits per heavy atom. The van der Waals surface area contributed by atoms with Crippen LogP contribution < -0.4 is 5.32 Å². The van der Waals surface area contributed by atoms with Gasteiger partial charge in [0.2, 0.25) is 11.1 Å². The van der Waals surface area contributed by atoms with Gasteiger partial charge < -0.3 is 5.32 Å². The Kier molecular flexibility index (Phi) is 4.28. The van der Waals surface area contributed by atoms with Crippen molar-refractivity contribution < 1.29 is 4.92 Å². The van der Waals surface area contributed by atoms with Gasteiger partial charge in [-0.25, -0.2) is 4.98 Å². The first-order valence-electron chi connectivity index (χ1n) is 5.22. The molecule has 0 aliphatic carbocycles. The Morgan fingerprint density at radius 2 is 2.16 bits per heavy atom. The third-order valence-electron chi connectivity index (χ3n) is 2.34. The summed E-state index contributed by atoms with van der Waals surface area (Å²) in [6, 6.07) is 7.55. The van der Waals surface area contributed by atoms with E-state index in [9.17, 15) is 10.1 Å². The molecule has 0 saturated carbocycles. The highest BCUT2D eigenvalue weighted by Crippen LogP contribution is 2.24. The lowest BCUT2D eigenvalue weighted by Crippen LogP contribution is -2.06. The van der Waals surface area contributed by atoms with Gasteiger partial charge in [-0.05, 0) is 23.2 Å². The maximum absolute atomic E-state index is 10.8. The number of hydrogen-bond donors (Lipinski definition) is 1. The van der Waals surface area contributed by atoms with Crippen molar-refractivity contribution in [1.29, 1.82) is 0 Å². The first-order valence-corrected chi connectivity index (χ1v) is 6.39. The molecular weight excluding hydrogens is 336 g/mol. The molecule has 0 amide bonds. The maximum Gasteiger partial charge on any atom is 0.329 e. The number of nitrogens with one attached hydrogen (secondary N) is 1. The van der Waals surface area contributed by atoms with E-state index in [0.29, 0.717) is 6.54 Å². The van der Waals surface area contributed by atoms with Crippen LogP contribution in [0.3, 0.4) is 0 Å².